The molecule has 0 unspecified atom stereocenters. The molecule has 0 radical (unpaired) electrons. The number of hydrogen-bond donors (Lipinski definition) is 1. The van der Waals surface area contributed by atoms with Gasteiger partial charge in [0, 0.05) is 26.9 Å². The lowest BCUT2D eigenvalue weighted by molar-refractivity contribution is 0.690. The summed E-state index contributed by atoms with van der Waals surface area (Å²) in [6.45, 7) is 1.90. The lowest BCUT2D eigenvalue weighted by Crippen LogP contribution is -2.16. The highest BCUT2D eigenvalue weighted by atomic mass is 79.9. The predicted molar refractivity (Wildman–Crippen MR) is 89.3 cm³/mol. The first-order valence-corrected chi connectivity index (χ1v) is 8.73. The highest BCUT2D eigenvalue weighted by molar-refractivity contribution is 9.13. The van der Waals surface area contributed by atoms with Crippen LogP contribution in [0.15, 0.2) is 43.1 Å². The minimum absolute atomic E-state index is 0.901. The molecule has 0 aliphatic carbocycles. The maximum atomic E-state index is 3.52. The van der Waals surface area contributed by atoms with Crippen molar-refractivity contribution >= 4 is 59.1 Å². The molecule has 18 heavy (non-hydrogen) atoms. The van der Waals surface area contributed by atoms with Crippen LogP contribution in [0.25, 0.3) is 0 Å². The van der Waals surface area contributed by atoms with Crippen LogP contribution in [0.1, 0.15) is 10.4 Å². The summed E-state index contributed by atoms with van der Waals surface area (Å²) in [4.78, 5) is 1.41. The van der Waals surface area contributed by atoms with E-state index in [-0.39, 0.29) is 0 Å². The third-order valence-corrected chi connectivity index (χ3v) is 6.05. The predicted octanol–water partition coefficient (Wildman–Crippen LogP) is 5.37. The molecule has 0 fully saturated rings. The van der Waals surface area contributed by atoms with Gasteiger partial charge in [0.1, 0.15) is 0 Å². The molecule has 1 aromatic carbocycles. The van der Waals surface area contributed by atoms with Crippen molar-refractivity contribution in [1.82, 2.24) is 5.32 Å². The van der Waals surface area contributed by atoms with Gasteiger partial charge in [-0.1, -0.05) is 6.07 Å². The van der Waals surface area contributed by atoms with Gasteiger partial charge < -0.3 is 5.32 Å². The van der Waals surface area contributed by atoms with Crippen LogP contribution in [0.5, 0.6) is 0 Å². The maximum Gasteiger partial charge on any atom is 0.0701 e. The molecule has 0 aliphatic rings. The molecule has 0 spiro atoms. The molecule has 1 heterocycles. The van der Waals surface area contributed by atoms with Crippen molar-refractivity contribution in [2.75, 3.05) is 6.54 Å². The van der Waals surface area contributed by atoms with Crippen molar-refractivity contribution in [2.24, 2.45) is 0 Å². The molecule has 1 nitrogen and oxygen atoms in total. The zero-order valence-electron chi connectivity index (χ0n) is 9.55. The Morgan fingerprint density at radius 3 is 2.50 bits per heavy atom. The first-order chi connectivity index (χ1) is 8.65. The van der Waals surface area contributed by atoms with E-state index in [1.54, 1.807) is 11.3 Å². The summed E-state index contributed by atoms with van der Waals surface area (Å²) in [5.41, 5.74) is 1.29. The molecular weight excluding hydrogens is 442 g/mol. The Kier molecular flexibility index (Phi) is 5.89. The van der Waals surface area contributed by atoms with Crippen molar-refractivity contribution in [3.63, 3.8) is 0 Å². The van der Waals surface area contributed by atoms with Gasteiger partial charge in [-0.25, -0.2) is 0 Å². The van der Waals surface area contributed by atoms with Crippen LogP contribution >= 0.6 is 59.1 Å². The zero-order valence-corrected chi connectivity index (χ0v) is 15.1. The number of thiophene rings is 1. The van der Waals surface area contributed by atoms with Gasteiger partial charge in [-0.15, -0.1) is 11.3 Å². The Labute approximate surface area is 136 Å². The average molecular weight is 454 g/mol. The summed E-state index contributed by atoms with van der Waals surface area (Å²) >= 11 is 12.3. The van der Waals surface area contributed by atoms with E-state index in [1.807, 2.05) is 0 Å². The number of halogens is 3. The van der Waals surface area contributed by atoms with Crippen LogP contribution < -0.4 is 5.32 Å². The van der Waals surface area contributed by atoms with Gasteiger partial charge in [-0.3, -0.25) is 0 Å². The molecule has 2 rings (SSSR count). The topological polar surface area (TPSA) is 12.0 Å². The number of nitrogens with one attached hydrogen (secondary N) is 1. The van der Waals surface area contributed by atoms with Gasteiger partial charge in [0.05, 0.1) is 3.79 Å². The molecule has 0 saturated heterocycles. The van der Waals surface area contributed by atoms with Crippen molar-refractivity contribution in [2.45, 2.75) is 13.0 Å². The minimum atomic E-state index is 0.901. The van der Waals surface area contributed by atoms with E-state index >= 15 is 0 Å². The number of rotatable bonds is 5. The maximum absolute atomic E-state index is 3.52. The molecule has 0 atom stereocenters. The lowest BCUT2D eigenvalue weighted by Gasteiger charge is -2.05. The van der Waals surface area contributed by atoms with Crippen molar-refractivity contribution in [3.8, 4) is 0 Å². The van der Waals surface area contributed by atoms with E-state index in [0.29, 0.717) is 0 Å². The Bertz CT molecular complexity index is 525. The summed E-state index contributed by atoms with van der Waals surface area (Å²) in [7, 11) is 0. The SMILES string of the molecule is Brc1ccc(CCNCc2ccc(Br)c(Br)c2)s1. The second kappa shape index (κ2) is 7.20. The fraction of sp³-hybridized carbons (Fsp3) is 0.231. The molecular formula is C13H12Br3NS. The number of hydrogen-bond acceptors (Lipinski definition) is 2. The molecule has 1 aromatic heterocycles. The largest absolute Gasteiger partial charge is 0.312 e. The van der Waals surface area contributed by atoms with Crippen LogP contribution in [0.2, 0.25) is 0 Å². The smallest absolute Gasteiger partial charge is 0.0701 e. The summed E-state index contributed by atoms with van der Waals surface area (Å²) in [6, 6.07) is 10.6. The van der Waals surface area contributed by atoms with Gasteiger partial charge >= 0.3 is 0 Å². The van der Waals surface area contributed by atoms with Crippen molar-refractivity contribution in [3.05, 3.63) is 53.5 Å². The Morgan fingerprint density at radius 2 is 1.83 bits per heavy atom. The van der Waals surface area contributed by atoms with Gasteiger partial charge in [-0.05, 0) is 84.0 Å². The third kappa shape index (κ3) is 4.46. The molecule has 0 bridgehead atoms. The van der Waals surface area contributed by atoms with Crippen LogP contribution in [-0.2, 0) is 13.0 Å². The molecule has 1 N–H and O–H groups in total. The highest BCUT2D eigenvalue weighted by Gasteiger charge is 2.00. The third-order valence-electron chi connectivity index (χ3n) is 2.49. The van der Waals surface area contributed by atoms with Crippen LogP contribution in [0.4, 0.5) is 0 Å². The summed E-state index contributed by atoms with van der Waals surface area (Å²) in [6.07, 6.45) is 1.08. The van der Waals surface area contributed by atoms with Gasteiger partial charge in [0.25, 0.3) is 0 Å². The second-order valence-electron chi connectivity index (χ2n) is 3.88. The average Bonchev–Trinajstić information content (AvgIpc) is 2.75. The normalized spacial score (nSPS) is 10.8. The molecule has 5 heteroatoms. The minimum Gasteiger partial charge on any atom is -0.312 e. The Balaban J connectivity index is 1.76. The van der Waals surface area contributed by atoms with E-state index in [9.17, 15) is 0 Å². The van der Waals surface area contributed by atoms with Crippen molar-refractivity contribution < 1.29 is 0 Å². The van der Waals surface area contributed by atoms with Crippen molar-refractivity contribution in [1.29, 1.82) is 0 Å². The number of benzene rings is 1. The van der Waals surface area contributed by atoms with E-state index < -0.39 is 0 Å². The van der Waals surface area contributed by atoms with E-state index in [0.717, 1.165) is 28.5 Å². The molecule has 96 valence electrons. The first kappa shape index (κ1) is 14.7. The van der Waals surface area contributed by atoms with E-state index in [2.05, 4.69) is 83.4 Å². The monoisotopic (exact) mass is 451 g/mol. The summed E-state index contributed by atoms with van der Waals surface area (Å²) < 4.78 is 3.40. The summed E-state index contributed by atoms with van der Waals surface area (Å²) in [5.74, 6) is 0. The van der Waals surface area contributed by atoms with Gasteiger partial charge in [0.2, 0.25) is 0 Å². The van der Waals surface area contributed by atoms with Crippen LogP contribution in [-0.4, -0.2) is 6.54 Å². The Hall–Kier alpha value is 0.320. The first-order valence-electron chi connectivity index (χ1n) is 5.54. The van der Waals surface area contributed by atoms with E-state index in [1.165, 1.54) is 14.2 Å². The zero-order chi connectivity index (χ0) is 13.0. The van der Waals surface area contributed by atoms with Crippen LogP contribution in [0, 0.1) is 0 Å². The molecule has 2 aromatic rings. The lowest BCUT2D eigenvalue weighted by atomic mass is 10.2. The summed E-state index contributed by atoms with van der Waals surface area (Å²) in [5, 5.41) is 3.46. The standard InChI is InChI=1S/C13H12Br3NS/c14-11-3-1-9(7-12(11)15)8-17-6-5-10-2-4-13(16)18-10/h1-4,7,17H,5-6,8H2. The molecule has 0 saturated carbocycles. The fourth-order valence-corrected chi connectivity index (χ4v) is 3.74. The molecule has 0 amide bonds. The molecule has 0 aliphatic heterocycles. The Morgan fingerprint density at radius 1 is 1.00 bits per heavy atom. The van der Waals surface area contributed by atoms with Gasteiger partial charge in [0.15, 0.2) is 0 Å². The highest BCUT2D eigenvalue weighted by Crippen LogP contribution is 2.24. The van der Waals surface area contributed by atoms with E-state index in [4.69, 9.17) is 0 Å². The fourth-order valence-electron chi connectivity index (χ4n) is 1.58. The second-order valence-corrected chi connectivity index (χ2v) is 8.14. The quantitative estimate of drug-likeness (QED) is 0.600. The van der Waals surface area contributed by atoms with Gasteiger partial charge in [-0.2, -0.15) is 0 Å². The van der Waals surface area contributed by atoms with Crippen LogP contribution in [0.3, 0.4) is 0 Å².